The van der Waals surface area contributed by atoms with Crippen molar-refractivity contribution in [1.82, 2.24) is 4.72 Å². The fourth-order valence-corrected chi connectivity index (χ4v) is 2.43. The summed E-state index contributed by atoms with van der Waals surface area (Å²) in [6, 6.07) is 3.25. The van der Waals surface area contributed by atoms with Crippen molar-refractivity contribution in [2.45, 2.75) is 11.1 Å². The van der Waals surface area contributed by atoms with E-state index >= 15 is 0 Å². The summed E-state index contributed by atoms with van der Waals surface area (Å²) < 4.78 is 62.7. The number of hydrogen-bond donors (Lipinski definition) is 1. The molecule has 0 bridgehead atoms. The second-order valence-electron chi connectivity index (χ2n) is 3.36. The largest absolute Gasteiger partial charge is 0.416 e. The number of alkyl halides is 3. The van der Waals surface area contributed by atoms with Crippen LogP contribution in [0.25, 0.3) is 0 Å². The average molecular weight is 344 g/mol. The minimum atomic E-state index is -4.49. The van der Waals surface area contributed by atoms with Crippen LogP contribution in [0, 0.1) is 0 Å². The van der Waals surface area contributed by atoms with E-state index in [0.29, 0.717) is 4.48 Å². The quantitative estimate of drug-likeness (QED) is 0.913. The first-order valence-corrected chi connectivity index (χ1v) is 6.91. The molecule has 0 saturated heterocycles. The predicted molar refractivity (Wildman–Crippen MR) is 64.7 cm³/mol. The lowest BCUT2D eigenvalue weighted by Crippen LogP contribution is -2.24. The summed E-state index contributed by atoms with van der Waals surface area (Å²) in [5.74, 6) is 0. The monoisotopic (exact) mass is 343 g/mol. The van der Waals surface area contributed by atoms with Gasteiger partial charge in [-0.1, -0.05) is 22.5 Å². The van der Waals surface area contributed by atoms with Gasteiger partial charge >= 0.3 is 6.18 Å². The summed E-state index contributed by atoms with van der Waals surface area (Å²) in [6.45, 7) is 3.40. The highest BCUT2D eigenvalue weighted by Crippen LogP contribution is 2.29. The number of rotatable bonds is 4. The van der Waals surface area contributed by atoms with Gasteiger partial charge in [0.2, 0.25) is 10.0 Å². The first kappa shape index (κ1) is 15.2. The third-order valence-corrected chi connectivity index (χ3v) is 3.64. The molecule has 1 aromatic carbocycles. The smallest absolute Gasteiger partial charge is 0.207 e. The highest BCUT2D eigenvalue weighted by atomic mass is 79.9. The number of sulfonamides is 1. The maximum absolute atomic E-state index is 12.3. The Morgan fingerprint density at radius 1 is 1.28 bits per heavy atom. The van der Waals surface area contributed by atoms with Crippen LogP contribution >= 0.6 is 15.9 Å². The van der Waals surface area contributed by atoms with Crippen LogP contribution in [0.5, 0.6) is 0 Å². The van der Waals surface area contributed by atoms with Gasteiger partial charge in [0.25, 0.3) is 0 Å². The molecular formula is C10H9BrF3NO2S. The van der Waals surface area contributed by atoms with Crippen molar-refractivity contribution in [1.29, 1.82) is 0 Å². The molecular weight excluding hydrogens is 335 g/mol. The number of hydrogen-bond acceptors (Lipinski definition) is 2. The summed E-state index contributed by atoms with van der Waals surface area (Å²) in [4.78, 5) is -0.232. The van der Waals surface area contributed by atoms with E-state index in [-0.39, 0.29) is 11.4 Å². The molecule has 0 heterocycles. The van der Waals surface area contributed by atoms with Gasteiger partial charge in [-0.3, -0.25) is 0 Å². The Balaban J connectivity index is 2.95. The fourth-order valence-electron chi connectivity index (χ4n) is 1.08. The summed E-state index contributed by atoms with van der Waals surface area (Å²) in [5.41, 5.74) is -0.897. The SMILES string of the molecule is C=C(Br)CNS(=O)(=O)c1ccc(C(F)(F)F)cc1. The molecule has 8 heteroatoms. The van der Waals surface area contributed by atoms with Crippen LogP contribution in [-0.4, -0.2) is 15.0 Å². The Hall–Kier alpha value is -0.860. The minimum Gasteiger partial charge on any atom is -0.207 e. The molecule has 0 fully saturated rings. The highest BCUT2D eigenvalue weighted by Gasteiger charge is 2.30. The van der Waals surface area contributed by atoms with Gasteiger partial charge < -0.3 is 0 Å². The van der Waals surface area contributed by atoms with E-state index in [1.807, 2.05) is 0 Å². The normalized spacial score (nSPS) is 12.4. The van der Waals surface area contributed by atoms with E-state index in [1.165, 1.54) is 0 Å². The van der Waals surface area contributed by atoms with Crippen molar-refractivity contribution in [3.05, 3.63) is 40.9 Å². The van der Waals surface area contributed by atoms with Crippen LogP contribution in [0.3, 0.4) is 0 Å². The Morgan fingerprint density at radius 2 is 1.78 bits per heavy atom. The van der Waals surface area contributed by atoms with Gasteiger partial charge in [0.05, 0.1) is 10.5 Å². The molecule has 0 aliphatic heterocycles. The molecule has 1 N–H and O–H groups in total. The molecule has 0 aromatic heterocycles. The Kier molecular flexibility index (Phi) is 4.57. The van der Waals surface area contributed by atoms with E-state index in [2.05, 4.69) is 27.2 Å². The molecule has 0 aliphatic carbocycles. The molecule has 100 valence electrons. The first-order chi connectivity index (χ1) is 8.13. The van der Waals surface area contributed by atoms with Gasteiger partial charge in [0.15, 0.2) is 0 Å². The van der Waals surface area contributed by atoms with Gasteiger partial charge in [-0.25, -0.2) is 13.1 Å². The Labute approximate surface area is 111 Å². The lowest BCUT2D eigenvalue weighted by molar-refractivity contribution is -0.137. The number of nitrogens with one attached hydrogen (secondary N) is 1. The van der Waals surface area contributed by atoms with E-state index in [1.54, 1.807) is 0 Å². The highest BCUT2D eigenvalue weighted by molar-refractivity contribution is 9.11. The average Bonchev–Trinajstić information content (AvgIpc) is 2.26. The maximum Gasteiger partial charge on any atom is 0.416 e. The topological polar surface area (TPSA) is 46.2 Å². The van der Waals surface area contributed by atoms with Gasteiger partial charge in [0, 0.05) is 11.0 Å². The van der Waals surface area contributed by atoms with Crippen molar-refractivity contribution >= 4 is 26.0 Å². The second kappa shape index (κ2) is 5.41. The predicted octanol–water partition coefficient (Wildman–Crippen LogP) is 2.89. The molecule has 1 aromatic rings. The molecule has 0 saturated carbocycles. The number of halogens is 4. The number of benzene rings is 1. The summed E-state index contributed by atoms with van der Waals surface area (Å²) in [6.07, 6.45) is -4.49. The molecule has 18 heavy (non-hydrogen) atoms. The van der Waals surface area contributed by atoms with Crippen molar-refractivity contribution < 1.29 is 21.6 Å². The standard InChI is InChI=1S/C10H9BrF3NO2S/c1-7(11)6-15-18(16,17)9-4-2-8(3-5-9)10(12,13)14/h2-5,15H,1,6H2. The third kappa shape index (κ3) is 4.11. The Bertz CT molecular complexity index is 537. The molecule has 0 radical (unpaired) electrons. The molecule has 1 rings (SSSR count). The summed E-state index contributed by atoms with van der Waals surface area (Å²) >= 11 is 2.97. The maximum atomic E-state index is 12.3. The molecule has 3 nitrogen and oxygen atoms in total. The van der Waals surface area contributed by atoms with Crippen LogP contribution in [-0.2, 0) is 16.2 Å². The van der Waals surface area contributed by atoms with Crippen LogP contribution < -0.4 is 4.72 Å². The van der Waals surface area contributed by atoms with Crippen molar-refractivity contribution in [2.75, 3.05) is 6.54 Å². The van der Waals surface area contributed by atoms with Gasteiger partial charge in [0.1, 0.15) is 0 Å². The zero-order chi connectivity index (χ0) is 14.0. The summed E-state index contributed by atoms with van der Waals surface area (Å²) in [7, 11) is -3.83. The van der Waals surface area contributed by atoms with Crippen LogP contribution in [0.4, 0.5) is 13.2 Å². The zero-order valence-corrected chi connectivity index (χ0v) is 11.4. The van der Waals surface area contributed by atoms with E-state index in [4.69, 9.17) is 0 Å². The second-order valence-corrected chi connectivity index (χ2v) is 6.25. The molecule has 0 unspecified atom stereocenters. The minimum absolute atomic E-state index is 0.0383. The molecule has 0 amide bonds. The van der Waals surface area contributed by atoms with Crippen LogP contribution in [0.1, 0.15) is 5.56 Å². The molecule has 0 aliphatic rings. The first-order valence-electron chi connectivity index (χ1n) is 4.63. The van der Waals surface area contributed by atoms with E-state index in [0.717, 1.165) is 24.3 Å². The Morgan fingerprint density at radius 3 is 2.17 bits per heavy atom. The van der Waals surface area contributed by atoms with Crippen molar-refractivity contribution in [3.8, 4) is 0 Å². The van der Waals surface area contributed by atoms with E-state index in [9.17, 15) is 21.6 Å². The molecule has 0 spiro atoms. The van der Waals surface area contributed by atoms with E-state index < -0.39 is 21.8 Å². The van der Waals surface area contributed by atoms with Gasteiger partial charge in [-0.2, -0.15) is 13.2 Å². The van der Waals surface area contributed by atoms with Crippen LogP contribution in [0.2, 0.25) is 0 Å². The van der Waals surface area contributed by atoms with Crippen molar-refractivity contribution in [2.24, 2.45) is 0 Å². The lowest BCUT2D eigenvalue weighted by atomic mass is 10.2. The lowest BCUT2D eigenvalue weighted by Gasteiger charge is -2.09. The fraction of sp³-hybridized carbons (Fsp3) is 0.200. The zero-order valence-electron chi connectivity index (χ0n) is 8.96. The third-order valence-electron chi connectivity index (χ3n) is 1.95. The van der Waals surface area contributed by atoms with Gasteiger partial charge in [-0.15, -0.1) is 0 Å². The van der Waals surface area contributed by atoms with Gasteiger partial charge in [-0.05, 0) is 24.3 Å². The summed E-state index contributed by atoms with van der Waals surface area (Å²) in [5, 5.41) is 0. The molecule has 0 atom stereocenters. The van der Waals surface area contributed by atoms with Crippen molar-refractivity contribution in [3.63, 3.8) is 0 Å². The van der Waals surface area contributed by atoms with Crippen LogP contribution in [0.15, 0.2) is 40.2 Å².